The van der Waals surface area contributed by atoms with Gasteiger partial charge in [0.2, 0.25) is 0 Å². The molecule has 0 bridgehead atoms. The number of halogens is 1. The first-order valence-corrected chi connectivity index (χ1v) is 6.57. The van der Waals surface area contributed by atoms with Gasteiger partial charge < -0.3 is 10.0 Å². The van der Waals surface area contributed by atoms with Gasteiger partial charge in [-0.3, -0.25) is 14.9 Å². The van der Waals surface area contributed by atoms with Gasteiger partial charge in [-0.2, -0.15) is 0 Å². The van der Waals surface area contributed by atoms with E-state index < -0.39 is 16.8 Å². The Morgan fingerprint density at radius 2 is 2.21 bits per heavy atom. The van der Waals surface area contributed by atoms with E-state index in [9.17, 15) is 14.9 Å². The minimum absolute atomic E-state index is 0.0253. The van der Waals surface area contributed by atoms with Gasteiger partial charge in [0.15, 0.2) is 0 Å². The van der Waals surface area contributed by atoms with Gasteiger partial charge in [-0.1, -0.05) is 22.9 Å². The van der Waals surface area contributed by atoms with Crippen molar-refractivity contribution in [1.82, 2.24) is 0 Å². The summed E-state index contributed by atoms with van der Waals surface area (Å²) in [4.78, 5) is 23.2. The fourth-order valence-electron chi connectivity index (χ4n) is 1.71. The molecule has 6 nitrogen and oxygen atoms in total. The Hall–Kier alpha value is -1.63. The molecule has 0 amide bonds. The van der Waals surface area contributed by atoms with Gasteiger partial charge in [-0.15, -0.1) is 0 Å². The third-order valence-corrected chi connectivity index (χ3v) is 3.27. The number of carbonyl (C=O) groups is 1. The summed E-state index contributed by atoms with van der Waals surface area (Å²) in [5.74, 6) is -1.52. The lowest BCUT2D eigenvalue weighted by molar-refractivity contribution is -0.384. The van der Waals surface area contributed by atoms with E-state index in [1.165, 1.54) is 6.07 Å². The monoisotopic (exact) mass is 330 g/mol. The molecule has 0 aliphatic carbocycles. The number of carboxylic acid groups (broad SMARTS) is 1. The summed E-state index contributed by atoms with van der Waals surface area (Å²) in [6, 6.07) is 4.64. The minimum Gasteiger partial charge on any atom is -0.481 e. The van der Waals surface area contributed by atoms with Crippen molar-refractivity contribution in [2.45, 2.75) is 13.8 Å². The highest BCUT2D eigenvalue weighted by Crippen LogP contribution is 2.31. The van der Waals surface area contributed by atoms with Crippen molar-refractivity contribution in [3.63, 3.8) is 0 Å². The van der Waals surface area contributed by atoms with Crippen LogP contribution in [0.15, 0.2) is 22.7 Å². The minimum atomic E-state index is -0.920. The van der Waals surface area contributed by atoms with E-state index in [2.05, 4.69) is 15.9 Å². The fraction of sp³-hybridized carbons (Fsp3) is 0.417. The number of aliphatic carboxylic acids is 1. The van der Waals surface area contributed by atoms with Gasteiger partial charge in [0, 0.05) is 23.6 Å². The summed E-state index contributed by atoms with van der Waals surface area (Å²) in [6.45, 7) is 4.13. The maximum atomic E-state index is 11.0. The second kappa shape index (κ2) is 6.51. The third-order valence-electron chi connectivity index (χ3n) is 2.77. The average molecular weight is 331 g/mol. The highest BCUT2D eigenvalue weighted by molar-refractivity contribution is 9.10. The predicted octanol–water partition coefficient (Wildman–Crippen LogP) is 2.90. The zero-order valence-corrected chi connectivity index (χ0v) is 12.3. The number of nitro groups is 1. The van der Waals surface area contributed by atoms with E-state index in [1.807, 2.05) is 6.92 Å². The molecule has 1 N–H and O–H groups in total. The summed E-state index contributed by atoms with van der Waals surface area (Å²) in [5.41, 5.74) is 0.401. The van der Waals surface area contributed by atoms with Crippen LogP contribution in [0.4, 0.5) is 11.4 Å². The number of carboxylic acids is 1. The van der Waals surface area contributed by atoms with Crippen LogP contribution in [0.2, 0.25) is 0 Å². The molecule has 104 valence electrons. The summed E-state index contributed by atoms with van der Waals surface area (Å²) in [6.07, 6.45) is 0. The zero-order chi connectivity index (χ0) is 14.6. The van der Waals surface area contributed by atoms with Gasteiger partial charge in [-0.05, 0) is 19.1 Å². The van der Waals surface area contributed by atoms with Crippen LogP contribution in [0.1, 0.15) is 13.8 Å². The Morgan fingerprint density at radius 3 is 2.68 bits per heavy atom. The Kier molecular flexibility index (Phi) is 5.29. The van der Waals surface area contributed by atoms with E-state index in [0.717, 1.165) is 4.47 Å². The Balaban J connectivity index is 3.13. The first-order chi connectivity index (χ1) is 8.86. The molecule has 0 aliphatic rings. The Morgan fingerprint density at radius 1 is 1.58 bits per heavy atom. The van der Waals surface area contributed by atoms with Gasteiger partial charge in [0.25, 0.3) is 5.69 Å². The lowest BCUT2D eigenvalue weighted by Gasteiger charge is -2.24. The molecular formula is C12H15BrN2O4. The van der Waals surface area contributed by atoms with Gasteiger partial charge in [0.05, 0.1) is 10.8 Å². The second-order valence-corrected chi connectivity index (χ2v) is 5.08. The number of anilines is 1. The molecule has 0 heterocycles. The molecule has 1 aromatic rings. The lowest BCUT2D eigenvalue weighted by atomic mass is 10.1. The van der Waals surface area contributed by atoms with Crippen LogP contribution in [0.25, 0.3) is 0 Å². The van der Waals surface area contributed by atoms with Gasteiger partial charge in [0.1, 0.15) is 5.69 Å². The molecule has 1 atom stereocenters. The lowest BCUT2D eigenvalue weighted by Crippen LogP contribution is -2.32. The van der Waals surface area contributed by atoms with Crippen molar-refractivity contribution in [2.75, 3.05) is 18.0 Å². The quantitative estimate of drug-likeness (QED) is 0.640. The van der Waals surface area contributed by atoms with Crippen molar-refractivity contribution in [3.8, 4) is 0 Å². The maximum absolute atomic E-state index is 11.0. The topological polar surface area (TPSA) is 83.7 Å². The van der Waals surface area contributed by atoms with Crippen LogP contribution in [-0.4, -0.2) is 29.1 Å². The molecule has 1 unspecified atom stereocenters. The zero-order valence-electron chi connectivity index (χ0n) is 10.7. The molecule has 0 saturated carbocycles. The van der Waals surface area contributed by atoms with E-state index >= 15 is 0 Å². The molecule has 0 saturated heterocycles. The van der Waals surface area contributed by atoms with Crippen LogP contribution in [0.3, 0.4) is 0 Å². The summed E-state index contributed by atoms with van der Waals surface area (Å²) in [7, 11) is 0. The van der Waals surface area contributed by atoms with E-state index in [4.69, 9.17) is 5.11 Å². The molecule has 0 aromatic heterocycles. The van der Waals surface area contributed by atoms with Gasteiger partial charge >= 0.3 is 5.97 Å². The first kappa shape index (κ1) is 15.4. The van der Waals surface area contributed by atoms with Crippen molar-refractivity contribution in [2.24, 2.45) is 5.92 Å². The summed E-state index contributed by atoms with van der Waals surface area (Å²) >= 11 is 3.27. The molecule has 0 fully saturated rings. The van der Waals surface area contributed by atoms with E-state index in [-0.39, 0.29) is 12.2 Å². The van der Waals surface area contributed by atoms with Crippen LogP contribution in [0, 0.1) is 16.0 Å². The van der Waals surface area contributed by atoms with Crippen LogP contribution < -0.4 is 4.90 Å². The number of nitrogens with zero attached hydrogens (tertiary/aromatic N) is 2. The molecule has 0 spiro atoms. The molecule has 1 rings (SSSR count). The highest BCUT2D eigenvalue weighted by Gasteiger charge is 2.22. The standard InChI is InChI=1S/C12H15BrN2O4/c1-3-14(7-8(2)12(16)17)11-6-9(13)4-5-10(11)15(18)19/h4-6,8H,3,7H2,1-2H3,(H,16,17). The average Bonchev–Trinajstić information content (AvgIpc) is 2.34. The van der Waals surface area contributed by atoms with E-state index in [1.54, 1.807) is 24.0 Å². The predicted molar refractivity (Wildman–Crippen MR) is 75.5 cm³/mol. The molecule has 1 aromatic carbocycles. The summed E-state index contributed by atoms with van der Waals surface area (Å²) in [5, 5.41) is 20.0. The molecule has 19 heavy (non-hydrogen) atoms. The highest BCUT2D eigenvalue weighted by atomic mass is 79.9. The smallest absolute Gasteiger partial charge is 0.308 e. The first-order valence-electron chi connectivity index (χ1n) is 5.78. The van der Waals surface area contributed by atoms with Crippen molar-refractivity contribution < 1.29 is 14.8 Å². The SMILES string of the molecule is CCN(CC(C)C(=O)O)c1cc(Br)ccc1[N+](=O)[O-]. The number of hydrogen-bond acceptors (Lipinski definition) is 4. The number of benzene rings is 1. The number of nitro benzene ring substituents is 1. The van der Waals surface area contributed by atoms with Crippen LogP contribution in [0.5, 0.6) is 0 Å². The van der Waals surface area contributed by atoms with Crippen LogP contribution in [-0.2, 0) is 4.79 Å². The molecule has 7 heteroatoms. The Bertz CT molecular complexity index is 493. The summed E-state index contributed by atoms with van der Waals surface area (Å²) < 4.78 is 0.717. The molecular weight excluding hydrogens is 316 g/mol. The van der Waals surface area contributed by atoms with Crippen molar-refractivity contribution in [3.05, 3.63) is 32.8 Å². The largest absolute Gasteiger partial charge is 0.481 e. The number of rotatable bonds is 6. The Labute approximate surface area is 119 Å². The molecule has 0 radical (unpaired) electrons. The van der Waals surface area contributed by atoms with E-state index in [0.29, 0.717) is 12.2 Å². The number of hydrogen-bond donors (Lipinski definition) is 1. The maximum Gasteiger partial charge on any atom is 0.308 e. The van der Waals surface area contributed by atoms with Crippen molar-refractivity contribution in [1.29, 1.82) is 0 Å². The molecule has 0 aliphatic heterocycles. The van der Waals surface area contributed by atoms with Crippen molar-refractivity contribution >= 4 is 33.3 Å². The second-order valence-electron chi connectivity index (χ2n) is 4.17. The van der Waals surface area contributed by atoms with Crippen LogP contribution >= 0.6 is 15.9 Å². The fourth-order valence-corrected chi connectivity index (χ4v) is 2.06. The third kappa shape index (κ3) is 3.92. The normalized spacial score (nSPS) is 11.9. The van der Waals surface area contributed by atoms with Gasteiger partial charge in [-0.25, -0.2) is 0 Å².